The molecule has 5 nitrogen and oxygen atoms in total. The van der Waals surface area contributed by atoms with Crippen LogP contribution in [0.25, 0.3) is 0 Å². The Morgan fingerprint density at radius 3 is 2.80 bits per heavy atom. The Bertz CT molecular complexity index is 1220. The first-order chi connectivity index (χ1) is 14.3. The van der Waals surface area contributed by atoms with Crippen LogP contribution in [0.5, 0.6) is 0 Å². The molecule has 9 heteroatoms. The van der Waals surface area contributed by atoms with E-state index in [1.54, 1.807) is 17.7 Å². The molecule has 0 saturated heterocycles. The fourth-order valence-electron chi connectivity index (χ4n) is 3.49. The Hall–Kier alpha value is -2.71. The summed E-state index contributed by atoms with van der Waals surface area (Å²) in [4.78, 5) is 29.3. The van der Waals surface area contributed by atoms with Gasteiger partial charge in [0.2, 0.25) is 5.91 Å². The van der Waals surface area contributed by atoms with Crippen molar-refractivity contribution in [3.63, 3.8) is 0 Å². The highest BCUT2D eigenvalue weighted by Crippen LogP contribution is 2.37. The summed E-state index contributed by atoms with van der Waals surface area (Å²) in [6.45, 7) is 0. The number of benzene rings is 2. The smallest absolute Gasteiger partial charge is 0.279 e. The molecule has 1 N–H and O–H groups in total. The van der Waals surface area contributed by atoms with Gasteiger partial charge in [0.25, 0.3) is 5.56 Å². The predicted octanol–water partition coefficient (Wildman–Crippen LogP) is 4.48. The molecule has 154 valence electrons. The van der Waals surface area contributed by atoms with Crippen molar-refractivity contribution in [2.45, 2.75) is 23.2 Å². The SMILES string of the molecule is Cn1c(SCc2cccc(Cl)c2)nc(=O)c2c1NC(=O)C[C@H]2c1cc(F)ccc1F. The predicted molar refractivity (Wildman–Crippen MR) is 112 cm³/mol. The Morgan fingerprint density at radius 2 is 2.03 bits per heavy atom. The molecule has 0 spiro atoms. The van der Waals surface area contributed by atoms with Crippen LogP contribution in [-0.4, -0.2) is 15.5 Å². The lowest BCUT2D eigenvalue weighted by Crippen LogP contribution is -2.33. The van der Waals surface area contributed by atoms with Gasteiger partial charge < -0.3 is 9.88 Å². The fourth-order valence-corrected chi connectivity index (χ4v) is 4.61. The first-order valence-electron chi connectivity index (χ1n) is 9.06. The van der Waals surface area contributed by atoms with E-state index in [1.807, 2.05) is 18.2 Å². The lowest BCUT2D eigenvalue weighted by Gasteiger charge is -2.27. The molecule has 0 bridgehead atoms. The van der Waals surface area contributed by atoms with E-state index in [4.69, 9.17) is 11.6 Å². The van der Waals surface area contributed by atoms with E-state index in [2.05, 4.69) is 10.3 Å². The van der Waals surface area contributed by atoms with E-state index in [9.17, 15) is 18.4 Å². The van der Waals surface area contributed by atoms with Gasteiger partial charge in [0.05, 0.1) is 5.56 Å². The van der Waals surface area contributed by atoms with Crippen molar-refractivity contribution in [2.24, 2.45) is 7.05 Å². The van der Waals surface area contributed by atoms with Crippen molar-refractivity contribution < 1.29 is 13.6 Å². The van der Waals surface area contributed by atoms with Crippen molar-refractivity contribution in [2.75, 3.05) is 5.32 Å². The summed E-state index contributed by atoms with van der Waals surface area (Å²) in [5.74, 6) is -1.87. The first-order valence-corrected chi connectivity index (χ1v) is 10.4. The van der Waals surface area contributed by atoms with E-state index in [0.717, 1.165) is 23.8 Å². The quantitative estimate of drug-likeness (QED) is 0.473. The number of carbonyl (C=O) groups excluding carboxylic acids is 1. The fraction of sp³-hybridized carbons (Fsp3) is 0.190. The molecular formula is C21H16ClF2N3O2S. The van der Waals surface area contributed by atoms with Crippen LogP contribution in [0.4, 0.5) is 14.6 Å². The van der Waals surface area contributed by atoms with Gasteiger partial charge in [-0.05, 0) is 41.5 Å². The molecule has 0 aliphatic carbocycles. The molecule has 30 heavy (non-hydrogen) atoms. The summed E-state index contributed by atoms with van der Waals surface area (Å²) < 4.78 is 29.7. The summed E-state index contributed by atoms with van der Waals surface area (Å²) in [7, 11) is 1.66. The Kier molecular flexibility index (Phi) is 5.62. The number of fused-ring (bicyclic) bond motifs is 1. The molecule has 1 aliphatic rings. The number of halogens is 3. The second kappa shape index (κ2) is 8.20. The number of anilines is 1. The van der Waals surface area contributed by atoms with Crippen molar-refractivity contribution in [1.82, 2.24) is 9.55 Å². The molecule has 4 rings (SSSR count). The summed E-state index contributed by atoms with van der Waals surface area (Å²) in [6, 6.07) is 10.3. The molecule has 0 saturated carbocycles. The molecule has 1 aromatic heterocycles. The van der Waals surface area contributed by atoms with Gasteiger partial charge in [-0.25, -0.2) is 8.78 Å². The van der Waals surface area contributed by atoms with Crippen molar-refractivity contribution in [3.8, 4) is 0 Å². The van der Waals surface area contributed by atoms with Gasteiger partial charge in [0.15, 0.2) is 5.16 Å². The van der Waals surface area contributed by atoms with Crippen LogP contribution >= 0.6 is 23.4 Å². The Balaban J connectivity index is 1.75. The van der Waals surface area contributed by atoms with E-state index in [0.29, 0.717) is 15.9 Å². The second-order valence-electron chi connectivity index (χ2n) is 6.91. The highest BCUT2D eigenvalue weighted by atomic mass is 35.5. The van der Waals surface area contributed by atoms with E-state index >= 15 is 0 Å². The summed E-state index contributed by atoms with van der Waals surface area (Å²) in [5.41, 5.74) is 0.478. The van der Waals surface area contributed by atoms with E-state index in [1.165, 1.54) is 11.8 Å². The highest BCUT2D eigenvalue weighted by Gasteiger charge is 2.33. The third-order valence-electron chi connectivity index (χ3n) is 4.89. The number of hydrogen-bond donors (Lipinski definition) is 1. The van der Waals surface area contributed by atoms with Gasteiger partial charge in [-0.3, -0.25) is 9.59 Å². The number of hydrogen-bond acceptors (Lipinski definition) is 4. The monoisotopic (exact) mass is 447 g/mol. The number of nitrogens with zero attached hydrogens (tertiary/aromatic N) is 2. The van der Waals surface area contributed by atoms with Gasteiger partial charge in [-0.15, -0.1) is 0 Å². The van der Waals surface area contributed by atoms with Crippen LogP contribution in [0, 0.1) is 11.6 Å². The van der Waals surface area contributed by atoms with Gasteiger partial charge in [-0.2, -0.15) is 4.98 Å². The number of thioether (sulfide) groups is 1. The Labute approximate surface area is 180 Å². The maximum atomic E-state index is 14.4. The third kappa shape index (κ3) is 3.97. The molecule has 2 heterocycles. The van der Waals surface area contributed by atoms with Crippen LogP contribution < -0.4 is 10.9 Å². The molecule has 0 radical (unpaired) electrons. The zero-order valence-corrected chi connectivity index (χ0v) is 17.4. The molecular weight excluding hydrogens is 432 g/mol. The highest BCUT2D eigenvalue weighted by molar-refractivity contribution is 7.98. The van der Waals surface area contributed by atoms with Crippen LogP contribution in [0.15, 0.2) is 52.4 Å². The van der Waals surface area contributed by atoms with Crippen molar-refractivity contribution >= 4 is 35.1 Å². The lowest BCUT2D eigenvalue weighted by atomic mass is 9.86. The topological polar surface area (TPSA) is 64.0 Å². The molecule has 2 aromatic carbocycles. The van der Waals surface area contributed by atoms with Crippen LogP contribution in [-0.2, 0) is 17.6 Å². The minimum Gasteiger partial charge on any atom is -0.312 e. The summed E-state index contributed by atoms with van der Waals surface area (Å²) in [5, 5.41) is 3.68. The average molecular weight is 448 g/mol. The Morgan fingerprint density at radius 1 is 1.23 bits per heavy atom. The summed E-state index contributed by atoms with van der Waals surface area (Å²) in [6.07, 6.45) is -0.167. The largest absolute Gasteiger partial charge is 0.312 e. The summed E-state index contributed by atoms with van der Waals surface area (Å²) >= 11 is 7.31. The zero-order chi connectivity index (χ0) is 21.4. The van der Waals surface area contributed by atoms with E-state index < -0.39 is 23.1 Å². The third-order valence-corrected chi connectivity index (χ3v) is 6.23. The number of rotatable bonds is 4. The maximum Gasteiger partial charge on any atom is 0.279 e. The standard InChI is InChI=1S/C21H16ClF2N3O2S/c1-27-19-18(15(9-17(28)25-19)14-8-13(23)5-6-16(14)24)20(29)26-21(27)30-10-11-3-2-4-12(22)7-11/h2-8,15H,9-10H2,1H3,(H,25,28)/t15-/m0/s1. The zero-order valence-electron chi connectivity index (χ0n) is 15.8. The lowest BCUT2D eigenvalue weighted by molar-refractivity contribution is -0.116. The normalized spacial score (nSPS) is 15.6. The molecule has 0 unspecified atom stereocenters. The molecule has 1 amide bonds. The van der Waals surface area contributed by atoms with Crippen molar-refractivity contribution in [3.05, 3.63) is 86.2 Å². The molecule has 1 aliphatic heterocycles. The molecule has 0 fully saturated rings. The second-order valence-corrected chi connectivity index (χ2v) is 8.29. The molecule has 1 atom stereocenters. The number of aromatic nitrogens is 2. The van der Waals surface area contributed by atoms with Gasteiger partial charge >= 0.3 is 0 Å². The van der Waals surface area contributed by atoms with Crippen LogP contribution in [0.2, 0.25) is 5.02 Å². The first kappa shape index (κ1) is 20.6. The van der Waals surface area contributed by atoms with Gasteiger partial charge in [0, 0.05) is 30.2 Å². The van der Waals surface area contributed by atoms with Crippen LogP contribution in [0.1, 0.15) is 29.0 Å². The maximum absolute atomic E-state index is 14.4. The number of carbonyl (C=O) groups is 1. The minimum atomic E-state index is -0.914. The minimum absolute atomic E-state index is 0.0377. The van der Waals surface area contributed by atoms with Gasteiger partial charge in [-0.1, -0.05) is 35.5 Å². The molecule has 3 aromatic rings. The average Bonchev–Trinajstić information content (AvgIpc) is 2.71. The number of nitrogens with one attached hydrogen (secondary N) is 1. The van der Waals surface area contributed by atoms with Crippen LogP contribution in [0.3, 0.4) is 0 Å². The van der Waals surface area contributed by atoms with Crippen molar-refractivity contribution in [1.29, 1.82) is 0 Å². The van der Waals surface area contributed by atoms with E-state index in [-0.39, 0.29) is 29.3 Å². The van der Waals surface area contributed by atoms with Gasteiger partial charge in [0.1, 0.15) is 17.5 Å². The number of amides is 1.